The lowest BCUT2D eigenvalue weighted by Gasteiger charge is -2.22. The van der Waals surface area contributed by atoms with E-state index in [1.807, 2.05) is 0 Å². The van der Waals surface area contributed by atoms with Gasteiger partial charge in [0.25, 0.3) is 0 Å². The Hall–Kier alpha value is -0.910. The van der Waals surface area contributed by atoms with Crippen LogP contribution in [0.3, 0.4) is 0 Å². The molecule has 0 saturated carbocycles. The summed E-state index contributed by atoms with van der Waals surface area (Å²) in [6, 6.07) is 1.97. The number of carbonyl (C=O) groups is 1. The molecule has 0 aliphatic heterocycles. The Morgan fingerprint density at radius 1 is 1.44 bits per heavy atom. The SMILES string of the molecule is CCOC(=O)C(F)(F)[C@@H](N)c1ccc(Cl)c(Cl)c1. The van der Waals surface area contributed by atoms with Crippen molar-refractivity contribution in [3.05, 3.63) is 33.8 Å². The lowest BCUT2D eigenvalue weighted by molar-refractivity contribution is -0.174. The molecule has 0 heterocycles. The molecule has 0 saturated heterocycles. The number of hydrogen-bond acceptors (Lipinski definition) is 3. The highest BCUT2D eigenvalue weighted by Gasteiger charge is 2.47. The lowest BCUT2D eigenvalue weighted by atomic mass is 10.0. The van der Waals surface area contributed by atoms with Crippen LogP contribution < -0.4 is 5.73 Å². The van der Waals surface area contributed by atoms with Crippen molar-refractivity contribution in [2.24, 2.45) is 5.73 Å². The summed E-state index contributed by atoms with van der Waals surface area (Å²) in [7, 11) is 0. The molecule has 0 unspecified atom stereocenters. The lowest BCUT2D eigenvalue weighted by Crippen LogP contribution is -2.41. The Labute approximate surface area is 113 Å². The number of rotatable bonds is 4. The van der Waals surface area contributed by atoms with E-state index < -0.39 is 17.9 Å². The molecule has 1 atom stereocenters. The number of ether oxygens (including phenoxy) is 1. The van der Waals surface area contributed by atoms with Gasteiger partial charge in [0.2, 0.25) is 0 Å². The Morgan fingerprint density at radius 2 is 2.06 bits per heavy atom. The van der Waals surface area contributed by atoms with Gasteiger partial charge in [0.15, 0.2) is 0 Å². The van der Waals surface area contributed by atoms with Gasteiger partial charge >= 0.3 is 11.9 Å². The van der Waals surface area contributed by atoms with Crippen LogP contribution in [0.2, 0.25) is 10.0 Å². The third-order valence-corrected chi connectivity index (χ3v) is 2.98. The van der Waals surface area contributed by atoms with Crippen LogP contribution >= 0.6 is 23.2 Å². The van der Waals surface area contributed by atoms with Crippen molar-refractivity contribution in [1.29, 1.82) is 0 Å². The Balaban J connectivity index is 3.01. The molecule has 0 aromatic heterocycles. The average Bonchev–Trinajstić information content (AvgIpc) is 2.32. The average molecular weight is 298 g/mol. The molecule has 1 aromatic rings. The quantitative estimate of drug-likeness (QED) is 0.868. The van der Waals surface area contributed by atoms with Crippen molar-refractivity contribution in [2.75, 3.05) is 6.61 Å². The van der Waals surface area contributed by atoms with Gasteiger partial charge in [0.1, 0.15) is 6.04 Å². The summed E-state index contributed by atoms with van der Waals surface area (Å²) in [5.74, 6) is -5.49. The van der Waals surface area contributed by atoms with E-state index in [9.17, 15) is 13.6 Å². The predicted octanol–water partition coefficient (Wildman–Crippen LogP) is 3.19. The maximum Gasteiger partial charge on any atom is 0.379 e. The van der Waals surface area contributed by atoms with E-state index >= 15 is 0 Å². The number of carbonyl (C=O) groups excluding carboxylic acids is 1. The maximum absolute atomic E-state index is 13.6. The second-order valence-electron chi connectivity index (χ2n) is 3.49. The van der Waals surface area contributed by atoms with E-state index in [1.165, 1.54) is 25.1 Å². The van der Waals surface area contributed by atoms with Crippen LogP contribution in [0.5, 0.6) is 0 Å². The molecule has 0 aliphatic rings. The fourth-order valence-corrected chi connectivity index (χ4v) is 1.58. The maximum atomic E-state index is 13.6. The van der Waals surface area contributed by atoms with Crippen molar-refractivity contribution in [3.8, 4) is 0 Å². The first-order valence-electron chi connectivity index (χ1n) is 5.06. The Bertz CT molecular complexity index is 455. The van der Waals surface area contributed by atoms with Crippen LogP contribution in [0.15, 0.2) is 18.2 Å². The largest absolute Gasteiger partial charge is 0.462 e. The van der Waals surface area contributed by atoms with Gasteiger partial charge in [-0.1, -0.05) is 29.3 Å². The first-order chi connectivity index (χ1) is 8.30. The fraction of sp³-hybridized carbons (Fsp3) is 0.364. The highest BCUT2D eigenvalue weighted by Crippen LogP contribution is 2.33. The van der Waals surface area contributed by atoms with E-state index in [4.69, 9.17) is 28.9 Å². The topological polar surface area (TPSA) is 52.3 Å². The zero-order valence-corrected chi connectivity index (χ0v) is 10.9. The summed E-state index contributed by atoms with van der Waals surface area (Å²) in [4.78, 5) is 11.1. The standard InChI is InChI=1S/C11H11Cl2F2NO2/c1-2-18-10(17)11(14,15)9(16)6-3-4-7(12)8(13)5-6/h3-5,9H,2,16H2,1H3/t9-/m0/s1. The smallest absolute Gasteiger partial charge is 0.379 e. The third-order valence-electron chi connectivity index (χ3n) is 2.24. The minimum absolute atomic E-state index is 0.00227. The molecule has 100 valence electrons. The van der Waals surface area contributed by atoms with Crippen LogP contribution in [-0.4, -0.2) is 18.5 Å². The van der Waals surface area contributed by atoms with Crippen LogP contribution in [-0.2, 0) is 9.53 Å². The van der Waals surface area contributed by atoms with Crippen molar-refractivity contribution in [1.82, 2.24) is 0 Å². The van der Waals surface area contributed by atoms with Gasteiger partial charge in [0, 0.05) is 0 Å². The Morgan fingerprint density at radius 3 is 2.56 bits per heavy atom. The summed E-state index contributed by atoms with van der Waals surface area (Å²) in [6.45, 7) is 1.28. The molecule has 3 nitrogen and oxygen atoms in total. The van der Waals surface area contributed by atoms with Gasteiger partial charge in [-0.05, 0) is 24.6 Å². The number of esters is 1. The van der Waals surface area contributed by atoms with Gasteiger partial charge in [-0.3, -0.25) is 0 Å². The van der Waals surface area contributed by atoms with Crippen LogP contribution in [0, 0.1) is 0 Å². The van der Waals surface area contributed by atoms with Crippen LogP contribution in [0.25, 0.3) is 0 Å². The molecule has 0 fully saturated rings. The zero-order chi connectivity index (χ0) is 13.9. The van der Waals surface area contributed by atoms with Crippen LogP contribution in [0.4, 0.5) is 8.78 Å². The number of halogens is 4. The van der Waals surface area contributed by atoms with E-state index in [2.05, 4.69) is 4.74 Å². The zero-order valence-electron chi connectivity index (χ0n) is 9.42. The summed E-state index contributed by atoms with van der Waals surface area (Å²) in [5.41, 5.74) is 5.37. The number of benzene rings is 1. The number of alkyl halides is 2. The van der Waals surface area contributed by atoms with Crippen molar-refractivity contribution in [2.45, 2.75) is 18.9 Å². The number of hydrogen-bond donors (Lipinski definition) is 1. The molecular weight excluding hydrogens is 287 g/mol. The Kier molecular flexibility index (Phi) is 4.90. The molecule has 0 bridgehead atoms. The van der Waals surface area contributed by atoms with Gasteiger partial charge < -0.3 is 10.5 Å². The van der Waals surface area contributed by atoms with E-state index in [-0.39, 0.29) is 22.2 Å². The molecule has 1 rings (SSSR count). The van der Waals surface area contributed by atoms with Gasteiger partial charge in [-0.2, -0.15) is 8.78 Å². The van der Waals surface area contributed by atoms with E-state index in [0.717, 1.165) is 0 Å². The first-order valence-corrected chi connectivity index (χ1v) is 5.81. The molecule has 0 aliphatic carbocycles. The van der Waals surface area contributed by atoms with Crippen molar-refractivity contribution < 1.29 is 18.3 Å². The molecule has 1 aromatic carbocycles. The van der Waals surface area contributed by atoms with Gasteiger partial charge in [0.05, 0.1) is 16.7 Å². The molecule has 18 heavy (non-hydrogen) atoms. The van der Waals surface area contributed by atoms with Crippen molar-refractivity contribution in [3.63, 3.8) is 0 Å². The molecule has 7 heteroatoms. The monoisotopic (exact) mass is 297 g/mol. The number of nitrogens with two attached hydrogens (primary N) is 1. The highest BCUT2D eigenvalue weighted by atomic mass is 35.5. The fourth-order valence-electron chi connectivity index (χ4n) is 1.27. The molecule has 2 N–H and O–H groups in total. The van der Waals surface area contributed by atoms with Gasteiger partial charge in [-0.25, -0.2) is 4.79 Å². The second kappa shape index (κ2) is 5.82. The van der Waals surface area contributed by atoms with Crippen molar-refractivity contribution >= 4 is 29.2 Å². The normalized spacial score (nSPS) is 13.2. The molecular formula is C11H11Cl2F2NO2. The third kappa shape index (κ3) is 3.10. The molecule has 0 radical (unpaired) electrons. The summed E-state index contributed by atoms with van der Waals surface area (Å²) < 4.78 is 31.6. The molecule has 0 amide bonds. The van der Waals surface area contributed by atoms with Crippen LogP contribution in [0.1, 0.15) is 18.5 Å². The first kappa shape index (κ1) is 15.1. The minimum Gasteiger partial charge on any atom is -0.462 e. The van der Waals surface area contributed by atoms with E-state index in [1.54, 1.807) is 0 Å². The minimum atomic E-state index is -3.83. The molecule has 0 spiro atoms. The summed E-state index contributed by atoms with van der Waals surface area (Å²) >= 11 is 11.4. The van der Waals surface area contributed by atoms with E-state index in [0.29, 0.717) is 0 Å². The van der Waals surface area contributed by atoms with Gasteiger partial charge in [-0.15, -0.1) is 0 Å². The summed E-state index contributed by atoms with van der Waals surface area (Å²) in [6.07, 6.45) is 0. The highest BCUT2D eigenvalue weighted by molar-refractivity contribution is 6.42. The summed E-state index contributed by atoms with van der Waals surface area (Å²) in [5, 5.41) is 0.302. The predicted molar refractivity (Wildman–Crippen MR) is 65.0 cm³/mol. The second-order valence-corrected chi connectivity index (χ2v) is 4.31.